The van der Waals surface area contributed by atoms with Crippen LogP contribution < -0.4 is 5.32 Å². The Kier molecular flexibility index (Phi) is 8.57. The zero-order valence-corrected chi connectivity index (χ0v) is 17.6. The van der Waals surface area contributed by atoms with Crippen LogP contribution in [0.5, 0.6) is 0 Å². The number of likely N-dealkylation sites (tertiary alicyclic amines) is 1. The maximum Gasteiger partial charge on any atom is 0.211 e. The molecule has 0 aromatic rings. The lowest BCUT2D eigenvalue weighted by Crippen LogP contribution is -2.48. The molecule has 0 aliphatic carbocycles. The molecule has 2 aliphatic heterocycles. The Morgan fingerprint density at radius 1 is 1.22 bits per heavy atom. The lowest BCUT2D eigenvalue weighted by Gasteiger charge is -2.35. The van der Waals surface area contributed by atoms with Crippen molar-refractivity contribution in [3.8, 4) is 0 Å². The minimum absolute atomic E-state index is 0. The van der Waals surface area contributed by atoms with E-state index in [-0.39, 0.29) is 24.0 Å². The SMILES string of the molecule is CN=C(NCC1CCN(S(C)(=O)=O)CC1)N1CCCC(C)C1.I. The van der Waals surface area contributed by atoms with Crippen LogP contribution in [-0.2, 0) is 10.0 Å². The highest BCUT2D eigenvalue weighted by Crippen LogP contribution is 2.19. The molecule has 0 spiro atoms. The summed E-state index contributed by atoms with van der Waals surface area (Å²) < 4.78 is 24.6. The van der Waals surface area contributed by atoms with Crippen molar-refractivity contribution in [2.45, 2.75) is 32.6 Å². The molecule has 1 unspecified atom stereocenters. The highest BCUT2D eigenvalue weighted by Gasteiger charge is 2.25. The van der Waals surface area contributed by atoms with E-state index >= 15 is 0 Å². The number of sulfonamides is 1. The Hall–Kier alpha value is -0.0900. The van der Waals surface area contributed by atoms with Gasteiger partial charge in [0.1, 0.15) is 0 Å². The summed E-state index contributed by atoms with van der Waals surface area (Å²) in [6, 6.07) is 0. The molecule has 2 heterocycles. The number of piperidine rings is 2. The van der Waals surface area contributed by atoms with Crippen LogP contribution in [0.2, 0.25) is 0 Å². The van der Waals surface area contributed by atoms with Gasteiger partial charge in [0.15, 0.2) is 5.96 Å². The fraction of sp³-hybridized carbons (Fsp3) is 0.933. The van der Waals surface area contributed by atoms with Crippen molar-refractivity contribution in [1.29, 1.82) is 0 Å². The predicted octanol–water partition coefficient (Wildman–Crippen LogP) is 1.58. The van der Waals surface area contributed by atoms with Gasteiger partial charge in [-0.15, -0.1) is 24.0 Å². The number of rotatable bonds is 3. The molecular weight excluding hydrogens is 427 g/mol. The Morgan fingerprint density at radius 2 is 1.87 bits per heavy atom. The fourth-order valence-electron chi connectivity index (χ4n) is 3.39. The van der Waals surface area contributed by atoms with Crippen LogP contribution in [0.4, 0.5) is 0 Å². The zero-order chi connectivity index (χ0) is 16.2. The summed E-state index contributed by atoms with van der Waals surface area (Å²) in [5.41, 5.74) is 0. The lowest BCUT2D eigenvalue weighted by molar-refractivity contribution is 0.254. The topological polar surface area (TPSA) is 65.0 Å². The molecule has 2 fully saturated rings. The van der Waals surface area contributed by atoms with Crippen LogP contribution in [-0.4, -0.2) is 69.6 Å². The lowest BCUT2D eigenvalue weighted by atomic mass is 9.98. The van der Waals surface area contributed by atoms with Gasteiger partial charge in [-0.1, -0.05) is 6.92 Å². The van der Waals surface area contributed by atoms with Crippen LogP contribution in [0.15, 0.2) is 4.99 Å². The minimum atomic E-state index is -3.03. The average molecular weight is 458 g/mol. The van der Waals surface area contributed by atoms with Crippen LogP contribution in [0, 0.1) is 11.8 Å². The second-order valence-corrected chi connectivity index (χ2v) is 8.71. The smallest absolute Gasteiger partial charge is 0.211 e. The molecule has 8 heteroatoms. The second-order valence-electron chi connectivity index (χ2n) is 6.73. The third-order valence-electron chi connectivity index (χ3n) is 4.76. The van der Waals surface area contributed by atoms with Gasteiger partial charge in [-0.2, -0.15) is 0 Å². The van der Waals surface area contributed by atoms with Crippen molar-refractivity contribution in [1.82, 2.24) is 14.5 Å². The first kappa shape index (κ1) is 21.0. The number of guanidine groups is 1. The molecule has 0 bridgehead atoms. The van der Waals surface area contributed by atoms with Crippen molar-refractivity contribution in [2.24, 2.45) is 16.8 Å². The van der Waals surface area contributed by atoms with Gasteiger partial charge in [-0.25, -0.2) is 12.7 Å². The summed E-state index contributed by atoms with van der Waals surface area (Å²) in [6.07, 6.45) is 5.68. The molecule has 6 nitrogen and oxygen atoms in total. The number of nitrogens with zero attached hydrogens (tertiary/aromatic N) is 3. The first-order valence-electron chi connectivity index (χ1n) is 8.31. The maximum atomic E-state index is 11.5. The summed E-state index contributed by atoms with van der Waals surface area (Å²) in [5.74, 6) is 2.25. The highest BCUT2D eigenvalue weighted by molar-refractivity contribution is 14.0. The van der Waals surface area contributed by atoms with E-state index in [1.165, 1.54) is 19.1 Å². The molecule has 0 aromatic heterocycles. The molecule has 0 amide bonds. The van der Waals surface area contributed by atoms with E-state index in [1.807, 2.05) is 7.05 Å². The monoisotopic (exact) mass is 458 g/mol. The van der Waals surface area contributed by atoms with E-state index in [0.29, 0.717) is 19.0 Å². The van der Waals surface area contributed by atoms with Crippen molar-refractivity contribution >= 4 is 40.0 Å². The van der Waals surface area contributed by atoms with Gasteiger partial charge >= 0.3 is 0 Å². The maximum absolute atomic E-state index is 11.5. The molecule has 136 valence electrons. The summed E-state index contributed by atoms with van der Waals surface area (Å²) in [6.45, 7) is 6.62. The Balaban J connectivity index is 0.00000264. The summed E-state index contributed by atoms with van der Waals surface area (Å²) in [4.78, 5) is 6.76. The molecule has 2 saturated heterocycles. The van der Waals surface area contributed by atoms with Crippen molar-refractivity contribution in [3.05, 3.63) is 0 Å². The Bertz CT molecular complexity index is 490. The summed E-state index contributed by atoms with van der Waals surface area (Å²) in [5, 5.41) is 3.49. The summed E-state index contributed by atoms with van der Waals surface area (Å²) >= 11 is 0. The van der Waals surface area contributed by atoms with Gasteiger partial charge in [0.05, 0.1) is 6.26 Å². The number of halogens is 1. The largest absolute Gasteiger partial charge is 0.356 e. The van der Waals surface area contributed by atoms with Crippen molar-refractivity contribution in [2.75, 3.05) is 46.0 Å². The molecule has 0 aromatic carbocycles. The molecule has 0 radical (unpaired) electrons. The molecule has 1 atom stereocenters. The van der Waals surface area contributed by atoms with E-state index in [4.69, 9.17) is 0 Å². The molecule has 23 heavy (non-hydrogen) atoms. The first-order chi connectivity index (χ1) is 10.4. The van der Waals surface area contributed by atoms with Crippen LogP contribution in [0.25, 0.3) is 0 Å². The number of aliphatic imine (C=N–C) groups is 1. The standard InChI is InChI=1S/C15H30N4O2S.HI/c1-13-5-4-8-18(12-13)15(16-2)17-11-14-6-9-19(10-7-14)22(3,20)21;/h13-14H,4-12H2,1-3H3,(H,16,17);1H. The van der Waals surface area contributed by atoms with E-state index in [9.17, 15) is 8.42 Å². The third-order valence-corrected chi connectivity index (χ3v) is 6.06. The van der Waals surface area contributed by atoms with E-state index in [1.54, 1.807) is 4.31 Å². The van der Waals surface area contributed by atoms with Gasteiger partial charge in [0, 0.05) is 39.8 Å². The predicted molar refractivity (Wildman–Crippen MR) is 106 cm³/mol. The average Bonchev–Trinajstić information content (AvgIpc) is 2.47. The van der Waals surface area contributed by atoms with Gasteiger partial charge in [-0.05, 0) is 37.5 Å². The normalized spacial score (nSPS) is 25.1. The second kappa shape index (κ2) is 9.41. The molecule has 2 rings (SSSR count). The van der Waals surface area contributed by atoms with Gasteiger partial charge < -0.3 is 10.2 Å². The molecular formula is C15H31IN4O2S. The van der Waals surface area contributed by atoms with Gasteiger partial charge in [0.25, 0.3) is 0 Å². The van der Waals surface area contributed by atoms with Crippen LogP contribution in [0.1, 0.15) is 32.6 Å². The van der Waals surface area contributed by atoms with E-state index < -0.39 is 10.0 Å². The van der Waals surface area contributed by atoms with Crippen LogP contribution in [0.3, 0.4) is 0 Å². The first-order valence-corrected chi connectivity index (χ1v) is 10.2. The number of nitrogens with one attached hydrogen (secondary N) is 1. The van der Waals surface area contributed by atoms with E-state index in [0.717, 1.165) is 44.4 Å². The molecule has 0 saturated carbocycles. The Morgan fingerprint density at radius 3 is 2.39 bits per heavy atom. The van der Waals surface area contributed by atoms with Crippen molar-refractivity contribution < 1.29 is 8.42 Å². The zero-order valence-electron chi connectivity index (χ0n) is 14.5. The fourth-order valence-corrected chi connectivity index (χ4v) is 4.27. The highest BCUT2D eigenvalue weighted by atomic mass is 127. The quantitative estimate of drug-likeness (QED) is 0.397. The van der Waals surface area contributed by atoms with Crippen molar-refractivity contribution in [3.63, 3.8) is 0 Å². The third kappa shape index (κ3) is 6.38. The van der Waals surface area contributed by atoms with Gasteiger partial charge in [0.2, 0.25) is 10.0 Å². The Labute approximate surface area is 158 Å². The molecule has 2 aliphatic rings. The van der Waals surface area contributed by atoms with E-state index in [2.05, 4.69) is 22.1 Å². The number of hydrogen-bond acceptors (Lipinski definition) is 3. The molecule has 1 N–H and O–H groups in total. The summed E-state index contributed by atoms with van der Waals surface area (Å²) in [7, 11) is -1.19. The van der Waals surface area contributed by atoms with Crippen LogP contribution >= 0.6 is 24.0 Å². The number of hydrogen-bond donors (Lipinski definition) is 1. The minimum Gasteiger partial charge on any atom is -0.356 e. The van der Waals surface area contributed by atoms with Gasteiger partial charge in [-0.3, -0.25) is 4.99 Å².